The number of nitrogens with zero attached hydrogens (tertiary/aromatic N) is 6. The van der Waals surface area contributed by atoms with E-state index in [1.165, 1.54) is 18.4 Å². The Bertz CT molecular complexity index is 675. The molecule has 7 nitrogen and oxygen atoms in total. The van der Waals surface area contributed by atoms with Gasteiger partial charge in [-0.15, -0.1) is 0 Å². The Kier molecular flexibility index (Phi) is 6.19. The summed E-state index contributed by atoms with van der Waals surface area (Å²) < 4.78 is 0. The lowest BCUT2D eigenvalue weighted by atomic mass is 10.00. The highest BCUT2D eigenvalue weighted by Gasteiger charge is 2.27. The highest BCUT2D eigenvalue weighted by Crippen LogP contribution is 2.27. The average Bonchev–Trinajstić information content (AvgIpc) is 2.64. The maximum Gasteiger partial charge on any atom is 0.227 e. The minimum Gasteiger partial charge on any atom is -0.362 e. The summed E-state index contributed by atoms with van der Waals surface area (Å²) in [5.41, 5.74) is 2.17. The van der Waals surface area contributed by atoms with Crippen LogP contribution < -0.4 is 9.80 Å². The minimum absolute atomic E-state index is 0.246. The third kappa shape index (κ3) is 4.69. The molecule has 1 saturated heterocycles. The monoisotopic (exact) mass is 374 g/mol. The van der Waals surface area contributed by atoms with Gasteiger partial charge in [0.1, 0.15) is 5.82 Å². The molecule has 7 heteroatoms. The Morgan fingerprint density at radius 3 is 2.59 bits per heavy atom. The van der Waals surface area contributed by atoms with Crippen LogP contribution in [0.4, 0.5) is 11.8 Å². The molecule has 1 aromatic heterocycles. The van der Waals surface area contributed by atoms with E-state index >= 15 is 0 Å². The van der Waals surface area contributed by atoms with Gasteiger partial charge < -0.3 is 19.6 Å². The quantitative estimate of drug-likeness (QED) is 0.781. The SMILES string of the molecule is C[C@@H]1CCCN(CCC(=O)N2CCc3c(nc(N(C)C)nc3N(C)C)C2)C1. The number of rotatable bonds is 5. The maximum absolute atomic E-state index is 12.8. The van der Waals surface area contributed by atoms with Crippen LogP contribution in [0.3, 0.4) is 0 Å². The van der Waals surface area contributed by atoms with Gasteiger partial charge in [-0.25, -0.2) is 4.98 Å². The van der Waals surface area contributed by atoms with Crippen LogP contribution in [0.2, 0.25) is 0 Å². The van der Waals surface area contributed by atoms with Crippen molar-refractivity contribution in [1.29, 1.82) is 0 Å². The zero-order valence-electron chi connectivity index (χ0n) is 17.5. The number of hydrogen-bond acceptors (Lipinski definition) is 6. The third-order valence-electron chi connectivity index (χ3n) is 5.59. The topological polar surface area (TPSA) is 55.8 Å². The normalized spacial score (nSPS) is 20.3. The van der Waals surface area contributed by atoms with E-state index in [0.29, 0.717) is 18.9 Å². The Hall–Kier alpha value is -1.89. The molecular weight excluding hydrogens is 340 g/mol. The summed E-state index contributed by atoms with van der Waals surface area (Å²) in [7, 11) is 7.93. The van der Waals surface area contributed by atoms with Gasteiger partial charge in [0.05, 0.1) is 12.2 Å². The molecule has 2 aliphatic heterocycles. The number of hydrogen-bond donors (Lipinski definition) is 0. The van der Waals surface area contributed by atoms with Gasteiger partial charge in [-0.1, -0.05) is 6.92 Å². The fourth-order valence-corrected chi connectivity index (χ4v) is 4.08. The van der Waals surface area contributed by atoms with Gasteiger partial charge in [0, 0.05) is 59.8 Å². The molecule has 1 fully saturated rings. The molecule has 0 aromatic carbocycles. The zero-order chi connectivity index (χ0) is 19.6. The molecular formula is C20H34N6O. The van der Waals surface area contributed by atoms with Gasteiger partial charge >= 0.3 is 0 Å². The molecule has 3 rings (SSSR count). The maximum atomic E-state index is 12.8. The van der Waals surface area contributed by atoms with Gasteiger partial charge in [0.2, 0.25) is 11.9 Å². The third-order valence-corrected chi connectivity index (χ3v) is 5.59. The smallest absolute Gasteiger partial charge is 0.227 e. The largest absolute Gasteiger partial charge is 0.362 e. The van der Waals surface area contributed by atoms with Crippen molar-refractivity contribution < 1.29 is 4.79 Å². The molecule has 27 heavy (non-hydrogen) atoms. The van der Waals surface area contributed by atoms with Crippen molar-refractivity contribution in [1.82, 2.24) is 19.8 Å². The van der Waals surface area contributed by atoms with Gasteiger partial charge in [-0.3, -0.25) is 4.79 Å². The van der Waals surface area contributed by atoms with Gasteiger partial charge in [0.15, 0.2) is 0 Å². The standard InChI is InChI=1S/C20H34N6O/c1-15-7-6-10-25(13-15)11-9-18(27)26-12-8-16-17(14-26)21-20(24(4)5)22-19(16)23(2)3/h15H,6-14H2,1-5H3/t15-/m1/s1. The van der Waals surface area contributed by atoms with Crippen LogP contribution in [-0.4, -0.2) is 80.0 Å². The molecule has 2 aliphatic rings. The van der Waals surface area contributed by atoms with Crippen molar-refractivity contribution in [3.63, 3.8) is 0 Å². The first-order valence-corrected chi connectivity index (χ1v) is 10.1. The van der Waals surface area contributed by atoms with Crippen LogP contribution in [0.25, 0.3) is 0 Å². The number of likely N-dealkylation sites (tertiary alicyclic amines) is 1. The zero-order valence-corrected chi connectivity index (χ0v) is 17.5. The summed E-state index contributed by atoms with van der Waals surface area (Å²) in [5.74, 6) is 2.67. The minimum atomic E-state index is 0.246. The number of fused-ring (bicyclic) bond motifs is 1. The van der Waals surface area contributed by atoms with Crippen molar-refractivity contribution in [2.75, 3.05) is 64.2 Å². The van der Waals surface area contributed by atoms with E-state index in [4.69, 9.17) is 9.97 Å². The number of piperidine rings is 1. The lowest BCUT2D eigenvalue weighted by molar-refractivity contribution is -0.132. The highest BCUT2D eigenvalue weighted by molar-refractivity contribution is 5.77. The molecule has 150 valence electrons. The lowest BCUT2D eigenvalue weighted by Gasteiger charge is -2.33. The fourth-order valence-electron chi connectivity index (χ4n) is 4.08. The van der Waals surface area contributed by atoms with Gasteiger partial charge in [-0.05, 0) is 31.7 Å². The second-order valence-electron chi connectivity index (χ2n) is 8.42. The Morgan fingerprint density at radius 1 is 1.15 bits per heavy atom. The van der Waals surface area contributed by atoms with Crippen LogP contribution in [-0.2, 0) is 17.8 Å². The summed E-state index contributed by atoms with van der Waals surface area (Å²) in [5, 5.41) is 0. The second kappa shape index (κ2) is 8.42. The second-order valence-corrected chi connectivity index (χ2v) is 8.42. The van der Waals surface area contributed by atoms with Crippen molar-refractivity contribution in [2.45, 2.75) is 39.2 Å². The van der Waals surface area contributed by atoms with Gasteiger partial charge in [0.25, 0.3) is 0 Å². The van der Waals surface area contributed by atoms with Gasteiger partial charge in [-0.2, -0.15) is 4.98 Å². The highest BCUT2D eigenvalue weighted by atomic mass is 16.2. The van der Waals surface area contributed by atoms with Crippen molar-refractivity contribution in [2.24, 2.45) is 5.92 Å². The summed E-state index contributed by atoms with van der Waals surface area (Å²) in [6.45, 7) is 6.79. The van der Waals surface area contributed by atoms with Crippen LogP contribution in [0.1, 0.15) is 37.4 Å². The molecule has 1 aromatic rings. The molecule has 1 amide bonds. The Balaban J connectivity index is 1.67. The molecule has 0 unspecified atom stereocenters. The molecule has 3 heterocycles. The van der Waals surface area contributed by atoms with E-state index in [1.54, 1.807) is 0 Å². The van der Waals surface area contributed by atoms with E-state index in [2.05, 4.69) is 11.8 Å². The number of carbonyl (C=O) groups is 1. The summed E-state index contributed by atoms with van der Waals surface area (Å²) in [4.78, 5) is 30.6. The first-order chi connectivity index (χ1) is 12.8. The van der Waals surface area contributed by atoms with Crippen molar-refractivity contribution in [3.8, 4) is 0 Å². The fraction of sp³-hybridized carbons (Fsp3) is 0.750. The van der Waals surface area contributed by atoms with E-state index in [1.807, 2.05) is 42.9 Å². The van der Waals surface area contributed by atoms with E-state index in [-0.39, 0.29) is 5.91 Å². The molecule has 0 bridgehead atoms. The van der Waals surface area contributed by atoms with Crippen molar-refractivity contribution in [3.05, 3.63) is 11.3 Å². The predicted octanol–water partition coefficient (Wildman–Crippen LogP) is 1.62. The molecule has 0 saturated carbocycles. The van der Waals surface area contributed by atoms with Crippen LogP contribution in [0, 0.1) is 5.92 Å². The molecule has 1 atom stereocenters. The van der Waals surface area contributed by atoms with E-state index in [9.17, 15) is 4.79 Å². The van der Waals surface area contributed by atoms with E-state index < -0.39 is 0 Å². The van der Waals surface area contributed by atoms with Crippen LogP contribution in [0.15, 0.2) is 0 Å². The number of aromatic nitrogens is 2. The first-order valence-electron chi connectivity index (χ1n) is 10.1. The van der Waals surface area contributed by atoms with Crippen molar-refractivity contribution >= 4 is 17.7 Å². The summed E-state index contributed by atoms with van der Waals surface area (Å²) in [6, 6.07) is 0. The number of amides is 1. The average molecular weight is 375 g/mol. The number of carbonyl (C=O) groups excluding carboxylic acids is 1. The van der Waals surface area contributed by atoms with Crippen LogP contribution in [0.5, 0.6) is 0 Å². The summed E-state index contributed by atoms with van der Waals surface area (Å²) in [6.07, 6.45) is 4.00. The molecule has 0 aliphatic carbocycles. The lowest BCUT2D eigenvalue weighted by Crippen LogP contribution is -2.41. The Morgan fingerprint density at radius 2 is 1.93 bits per heavy atom. The molecule has 0 spiro atoms. The Labute approximate surface area is 163 Å². The molecule has 0 N–H and O–H groups in total. The summed E-state index contributed by atoms with van der Waals surface area (Å²) >= 11 is 0. The molecule has 0 radical (unpaired) electrons. The number of anilines is 2. The van der Waals surface area contributed by atoms with E-state index in [0.717, 1.165) is 50.0 Å². The first kappa shape index (κ1) is 19.9. The predicted molar refractivity (Wildman–Crippen MR) is 109 cm³/mol. The van der Waals surface area contributed by atoms with Crippen LogP contribution >= 0.6 is 0 Å².